The number of ether oxygens (including phenoxy) is 1. The minimum absolute atomic E-state index is 0.641. The maximum Gasteiger partial charge on any atom is 0.216 e. The van der Waals surface area contributed by atoms with Gasteiger partial charge >= 0.3 is 0 Å². The molecule has 2 aromatic rings. The molecule has 0 amide bonds. The van der Waals surface area contributed by atoms with Gasteiger partial charge in [0.05, 0.1) is 13.2 Å². The van der Waals surface area contributed by atoms with Crippen LogP contribution in [-0.2, 0) is 6.54 Å². The number of nitrogens with zero attached hydrogens (tertiary/aromatic N) is 4. The molecule has 1 saturated heterocycles. The van der Waals surface area contributed by atoms with Crippen LogP contribution in [0, 0.1) is 12.8 Å². The van der Waals surface area contributed by atoms with Crippen molar-refractivity contribution in [1.82, 2.24) is 19.7 Å². The first-order chi connectivity index (χ1) is 10.8. The van der Waals surface area contributed by atoms with Gasteiger partial charge in [-0.15, -0.1) is 0 Å². The fourth-order valence-electron chi connectivity index (χ4n) is 2.87. The molecule has 0 aliphatic carbocycles. The van der Waals surface area contributed by atoms with Crippen molar-refractivity contribution in [3.63, 3.8) is 0 Å². The molecule has 1 fully saturated rings. The van der Waals surface area contributed by atoms with E-state index in [1.807, 2.05) is 42.2 Å². The van der Waals surface area contributed by atoms with Crippen molar-refractivity contribution in [2.45, 2.75) is 26.3 Å². The van der Waals surface area contributed by atoms with Gasteiger partial charge in [0.2, 0.25) is 5.88 Å². The molecule has 0 radical (unpaired) electrons. The molecule has 3 rings (SSSR count). The Kier molecular flexibility index (Phi) is 5.06. The number of aromatic nitrogens is 3. The van der Waals surface area contributed by atoms with Crippen LogP contribution in [0.2, 0.25) is 0 Å². The van der Waals surface area contributed by atoms with Crippen molar-refractivity contribution < 1.29 is 4.74 Å². The summed E-state index contributed by atoms with van der Waals surface area (Å²) in [6, 6.07) is 5.96. The molecule has 5 nitrogen and oxygen atoms in total. The van der Waals surface area contributed by atoms with Gasteiger partial charge in [-0.25, -0.2) is 4.98 Å². The summed E-state index contributed by atoms with van der Waals surface area (Å²) in [4.78, 5) is 6.81. The summed E-state index contributed by atoms with van der Waals surface area (Å²) in [5.41, 5.74) is 1.11. The highest BCUT2D eigenvalue weighted by Crippen LogP contribution is 2.20. The molecule has 0 spiro atoms. The lowest BCUT2D eigenvalue weighted by atomic mass is 9.98. The highest BCUT2D eigenvalue weighted by atomic mass is 16.5. The molecule has 0 unspecified atom stereocenters. The first kappa shape index (κ1) is 15.0. The second-order valence-corrected chi connectivity index (χ2v) is 5.99. The first-order valence-electron chi connectivity index (χ1n) is 8.05. The summed E-state index contributed by atoms with van der Waals surface area (Å²) in [6.45, 7) is 7.17. The molecule has 0 atom stereocenters. The van der Waals surface area contributed by atoms with Gasteiger partial charge in [-0.3, -0.25) is 4.68 Å². The number of rotatable bonds is 6. The molecule has 0 aromatic carbocycles. The number of piperidine rings is 1. The average molecular weight is 300 g/mol. The number of aryl methyl sites for hydroxylation is 1. The molecule has 5 heteroatoms. The Balaban J connectivity index is 1.37. The molecular formula is C17H24N4O. The van der Waals surface area contributed by atoms with Crippen molar-refractivity contribution >= 4 is 0 Å². The normalized spacial score (nSPS) is 16.8. The zero-order chi connectivity index (χ0) is 15.2. The predicted molar refractivity (Wildman–Crippen MR) is 85.9 cm³/mol. The smallest absolute Gasteiger partial charge is 0.216 e. The second-order valence-electron chi connectivity index (χ2n) is 5.99. The average Bonchev–Trinajstić information content (AvgIpc) is 3.07. The van der Waals surface area contributed by atoms with Gasteiger partial charge in [0.1, 0.15) is 0 Å². The quantitative estimate of drug-likeness (QED) is 0.821. The predicted octanol–water partition coefficient (Wildman–Crippen LogP) is 2.38. The van der Waals surface area contributed by atoms with Crippen LogP contribution in [0.3, 0.4) is 0 Å². The summed E-state index contributed by atoms with van der Waals surface area (Å²) in [5.74, 6) is 1.42. The van der Waals surface area contributed by atoms with Crippen LogP contribution in [0.5, 0.6) is 5.88 Å². The topological polar surface area (TPSA) is 43.2 Å². The summed E-state index contributed by atoms with van der Waals surface area (Å²) >= 11 is 0. The highest BCUT2D eigenvalue weighted by molar-refractivity contribution is 5.23. The fourth-order valence-corrected chi connectivity index (χ4v) is 2.87. The summed E-state index contributed by atoms with van der Waals surface area (Å²) < 4.78 is 7.89. The summed E-state index contributed by atoms with van der Waals surface area (Å²) in [5, 5.41) is 4.25. The van der Waals surface area contributed by atoms with E-state index in [2.05, 4.69) is 15.0 Å². The van der Waals surface area contributed by atoms with Crippen LogP contribution in [0.15, 0.2) is 36.8 Å². The van der Waals surface area contributed by atoms with Crippen molar-refractivity contribution in [1.29, 1.82) is 0 Å². The zero-order valence-electron chi connectivity index (χ0n) is 13.2. The van der Waals surface area contributed by atoms with Crippen LogP contribution < -0.4 is 4.74 Å². The third-order valence-corrected chi connectivity index (χ3v) is 4.33. The number of hydrogen-bond donors (Lipinski definition) is 0. The zero-order valence-corrected chi connectivity index (χ0v) is 13.2. The van der Waals surface area contributed by atoms with Gasteiger partial charge in [0, 0.05) is 30.7 Å². The monoisotopic (exact) mass is 300 g/mol. The van der Waals surface area contributed by atoms with Gasteiger partial charge in [-0.05, 0) is 50.9 Å². The molecule has 1 aliphatic heterocycles. The van der Waals surface area contributed by atoms with Gasteiger partial charge in [-0.1, -0.05) is 6.07 Å². The van der Waals surface area contributed by atoms with Gasteiger partial charge in [0.25, 0.3) is 0 Å². The number of hydrogen-bond acceptors (Lipinski definition) is 4. The first-order valence-corrected chi connectivity index (χ1v) is 8.05. The standard InChI is InChI=1S/C17H24N4O/c1-15-4-2-7-18-17(15)22-14-16-5-10-20(11-6-16)12-13-21-9-3-8-19-21/h2-4,7-9,16H,5-6,10-14H2,1H3. The van der Waals surface area contributed by atoms with E-state index in [0.717, 1.165) is 44.2 Å². The van der Waals surface area contributed by atoms with Gasteiger partial charge in [0.15, 0.2) is 0 Å². The molecule has 1 aliphatic rings. The van der Waals surface area contributed by atoms with Crippen LogP contribution in [0.1, 0.15) is 18.4 Å². The van der Waals surface area contributed by atoms with Crippen molar-refractivity contribution in [2.75, 3.05) is 26.2 Å². The number of likely N-dealkylation sites (tertiary alicyclic amines) is 1. The molecule has 2 aromatic heterocycles. The Morgan fingerprint density at radius 2 is 2.05 bits per heavy atom. The molecule has 0 bridgehead atoms. The fraction of sp³-hybridized carbons (Fsp3) is 0.529. The minimum atomic E-state index is 0.641. The SMILES string of the molecule is Cc1cccnc1OCC1CCN(CCn2cccn2)CC1. The van der Waals surface area contributed by atoms with Crippen LogP contribution >= 0.6 is 0 Å². The second kappa shape index (κ2) is 7.40. The molecule has 118 valence electrons. The highest BCUT2D eigenvalue weighted by Gasteiger charge is 2.19. The Morgan fingerprint density at radius 1 is 1.18 bits per heavy atom. The Hall–Kier alpha value is -1.88. The lowest BCUT2D eigenvalue weighted by Crippen LogP contribution is -2.37. The van der Waals surface area contributed by atoms with Crippen molar-refractivity contribution in [2.24, 2.45) is 5.92 Å². The maximum atomic E-state index is 5.89. The van der Waals surface area contributed by atoms with Crippen molar-refractivity contribution in [3.8, 4) is 5.88 Å². The van der Waals surface area contributed by atoms with Gasteiger partial charge < -0.3 is 9.64 Å². The molecule has 3 heterocycles. The van der Waals surface area contributed by atoms with E-state index in [1.54, 1.807) is 6.20 Å². The molecular weight excluding hydrogens is 276 g/mol. The summed E-state index contributed by atoms with van der Waals surface area (Å²) in [7, 11) is 0. The Bertz CT molecular complexity index is 562. The molecule has 0 saturated carbocycles. The molecule has 22 heavy (non-hydrogen) atoms. The van der Waals surface area contributed by atoms with E-state index in [-0.39, 0.29) is 0 Å². The van der Waals surface area contributed by atoms with E-state index in [0.29, 0.717) is 5.92 Å². The van der Waals surface area contributed by atoms with Crippen LogP contribution in [0.4, 0.5) is 0 Å². The Labute approximate surface area is 131 Å². The van der Waals surface area contributed by atoms with Crippen LogP contribution in [-0.4, -0.2) is 45.9 Å². The van der Waals surface area contributed by atoms with E-state index in [1.165, 1.54) is 12.8 Å². The molecule has 0 N–H and O–H groups in total. The van der Waals surface area contributed by atoms with E-state index in [9.17, 15) is 0 Å². The number of pyridine rings is 1. The van der Waals surface area contributed by atoms with Gasteiger partial charge in [-0.2, -0.15) is 5.10 Å². The van der Waals surface area contributed by atoms with Crippen molar-refractivity contribution in [3.05, 3.63) is 42.4 Å². The van der Waals surface area contributed by atoms with Crippen LogP contribution in [0.25, 0.3) is 0 Å². The minimum Gasteiger partial charge on any atom is -0.477 e. The Morgan fingerprint density at radius 3 is 2.77 bits per heavy atom. The van der Waals surface area contributed by atoms with E-state index < -0.39 is 0 Å². The summed E-state index contributed by atoms with van der Waals surface area (Å²) in [6.07, 6.45) is 8.05. The third-order valence-electron chi connectivity index (χ3n) is 4.33. The largest absolute Gasteiger partial charge is 0.477 e. The lowest BCUT2D eigenvalue weighted by Gasteiger charge is -2.31. The van der Waals surface area contributed by atoms with E-state index in [4.69, 9.17) is 4.74 Å². The third kappa shape index (κ3) is 4.07. The van der Waals surface area contributed by atoms with E-state index >= 15 is 0 Å². The lowest BCUT2D eigenvalue weighted by molar-refractivity contribution is 0.135. The maximum absolute atomic E-state index is 5.89.